The third kappa shape index (κ3) is 5.62. The predicted octanol–water partition coefficient (Wildman–Crippen LogP) is 6.14. The molecule has 2 aliphatic rings. The van der Waals surface area contributed by atoms with Crippen LogP contribution in [-0.4, -0.2) is 62.4 Å². The third-order valence-electron chi connectivity index (χ3n) is 6.77. The number of thioether (sulfide) groups is 1. The molecule has 11 heteroatoms. The van der Waals surface area contributed by atoms with E-state index in [1.165, 1.54) is 28.6 Å². The molecule has 0 bridgehead atoms. The number of benzene rings is 2. The zero-order chi connectivity index (χ0) is 27.2. The maximum absolute atomic E-state index is 13.5. The molecular weight excluding hydrogens is 535 g/mol. The molecule has 0 aliphatic carbocycles. The molecule has 6 nitrogen and oxygen atoms in total. The van der Waals surface area contributed by atoms with E-state index in [0.29, 0.717) is 10.4 Å². The van der Waals surface area contributed by atoms with E-state index >= 15 is 0 Å². The van der Waals surface area contributed by atoms with Crippen LogP contribution < -0.4 is 0 Å². The van der Waals surface area contributed by atoms with E-state index in [1.54, 1.807) is 18.3 Å². The first kappa shape index (κ1) is 26.8. The third-order valence-corrected chi connectivity index (χ3v) is 8.05. The van der Waals surface area contributed by atoms with Gasteiger partial charge in [-0.3, -0.25) is 14.4 Å². The number of rotatable bonds is 3. The van der Waals surface area contributed by atoms with Crippen molar-refractivity contribution >= 4 is 51.4 Å². The minimum atomic E-state index is -4.52. The number of amidine groups is 1. The van der Waals surface area contributed by atoms with Crippen molar-refractivity contribution in [1.82, 2.24) is 19.6 Å². The molecule has 0 atom stereocenters. The Morgan fingerprint density at radius 2 is 1.79 bits per heavy atom. The summed E-state index contributed by atoms with van der Waals surface area (Å²) in [5.41, 5.74) is 0.902. The smallest absolute Gasteiger partial charge is 0.348 e. The van der Waals surface area contributed by atoms with Gasteiger partial charge in [0.2, 0.25) is 0 Å². The van der Waals surface area contributed by atoms with Gasteiger partial charge in [-0.25, -0.2) is 0 Å². The second-order valence-corrected chi connectivity index (χ2v) is 11.8. The number of hydrogen-bond donors (Lipinski definition) is 0. The van der Waals surface area contributed by atoms with Gasteiger partial charge in [-0.1, -0.05) is 23.7 Å². The van der Waals surface area contributed by atoms with Gasteiger partial charge in [0.1, 0.15) is 0 Å². The summed E-state index contributed by atoms with van der Waals surface area (Å²) in [6.45, 7) is 10.0. The van der Waals surface area contributed by atoms with Crippen LogP contribution in [0.1, 0.15) is 37.5 Å². The summed E-state index contributed by atoms with van der Waals surface area (Å²) >= 11 is 7.18. The highest BCUT2D eigenvalue weighted by Gasteiger charge is 2.34. The minimum absolute atomic E-state index is 0.0303. The molecule has 0 spiro atoms. The maximum Gasteiger partial charge on any atom is 0.416 e. The number of fused-ring (bicyclic) bond motifs is 1. The molecule has 3 aromatic rings. The van der Waals surface area contributed by atoms with E-state index in [1.807, 2.05) is 12.1 Å². The van der Waals surface area contributed by atoms with Crippen LogP contribution in [0.5, 0.6) is 0 Å². The number of amides is 1. The molecule has 0 radical (unpaired) electrons. The highest BCUT2D eigenvalue weighted by molar-refractivity contribution is 8.18. The number of carbonyl (C=O) groups is 1. The molecule has 0 unspecified atom stereocenters. The van der Waals surface area contributed by atoms with Crippen LogP contribution in [0, 0.1) is 0 Å². The SMILES string of the molecule is CC(C)(C)N1CCN(C2=NC(=O)C(=Cc3ccc4c(cnn4Cc4ccc(Cl)cc4C(F)(F)F)c3)S2)CC1. The fraction of sp³-hybridized carbons (Fsp3) is 0.370. The number of aromatic nitrogens is 2. The number of aliphatic imine (C=N–C) groups is 1. The van der Waals surface area contributed by atoms with Gasteiger partial charge in [0.05, 0.1) is 28.7 Å². The molecule has 0 N–H and O–H groups in total. The average Bonchev–Trinajstić information content (AvgIpc) is 3.42. The van der Waals surface area contributed by atoms with Gasteiger partial charge in [0.15, 0.2) is 5.17 Å². The summed E-state index contributed by atoms with van der Waals surface area (Å²) in [5, 5.41) is 5.83. The Morgan fingerprint density at radius 3 is 2.47 bits per heavy atom. The van der Waals surface area contributed by atoms with E-state index in [0.717, 1.165) is 48.4 Å². The van der Waals surface area contributed by atoms with Crippen molar-refractivity contribution in [1.29, 1.82) is 0 Å². The fourth-order valence-electron chi connectivity index (χ4n) is 4.69. The molecular formula is C27H27ClF3N5OS. The van der Waals surface area contributed by atoms with Crippen LogP contribution in [0.3, 0.4) is 0 Å². The largest absolute Gasteiger partial charge is 0.416 e. The first-order chi connectivity index (χ1) is 17.9. The Morgan fingerprint density at radius 1 is 1.05 bits per heavy atom. The topological polar surface area (TPSA) is 53.7 Å². The number of nitrogens with zero attached hydrogens (tertiary/aromatic N) is 5. The van der Waals surface area contributed by atoms with Crippen molar-refractivity contribution in [2.45, 2.75) is 39.0 Å². The van der Waals surface area contributed by atoms with Crippen LogP contribution in [0.25, 0.3) is 17.0 Å². The molecule has 200 valence electrons. The number of halogens is 4. The Bertz CT molecular complexity index is 1450. The lowest BCUT2D eigenvalue weighted by Gasteiger charge is -2.42. The van der Waals surface area contributed by atoms with Crippen molar-refractivity contribution in [3.8, 4) is 0 Å². The molecule has 1 aromatic heterocycles. The number of alkyl halides is 3. The average molecular weight is 562 g/mol. The number of piperazine rings is 1. The Labute approximate surface area is 228 Å². The molecule has 38 heavy (non-hydrogen) atoms. The minimum Gasteiger partial charge on any atom is -0.348 e. The predicted molar refractivity (Wildman–Crippen MR) is 146 cm³/mol. The van der Waals surface area contributed by atoms with Crippen LogP contribution in [0.2, 0.25) is 5.02 Å². The van der Waals surface area contributed by atoms with Gasteiger partial charge in [-0.15, -0.1) is 0 Å². The molecule has 2 aromatic carbocycles. The van der Waals surface area contributed by atoms with Crippen molar-refractivity contribution in [3.05, 3.63) is 69.2 Å². The molecule has 3 heterocycles. The van der Waals surface area contributed by atoms with Gasteiger partial charge >= 0.3 is 6.18 Å². The lowest BCUT2D eigenvalue weighted by molar-refractivity contribution is -0.138. The lowest BCUT2D eigenvalue weighted by atomic mass is 10.1. The highest BCUT2D eigenvalue weighted by Crippen LogP contribution is 2.35. The summed E-state index contributed by atoms with van der Waals surface area (Å²) in [6.07, 6.45) is -1.11. The first-order valence-corrected chi connectivity index (χ1v) is 13.4. The first-order valence-electron chi connectivity index (χ1n) is 12.2. The van der Waals surface area contributed by atoms with Crippen molar-refractivity contribution in [2.24, 2.45) is 4.99 Å². The van der Waals surface area contributed by atoms with Crippen LogP contribution in [0.15, 0.2) is 52.5 Å². The zero-order valence-electron chi connectivity index (χ0n) is 21.2. The van der Waals surface area contributed by atoms with Crippen molar-refractivity contribution < 1.29 is 18.0 Å². The standard InChI is InChI=1S/C27H27ClF3N5OS/c1-26(2,3)35-10-8-34(9-11-35)25-33-24(37)23(38-25)13-17-4-7-22-19(12-17)15-32-36(22)16-18-5-6-20(28)14-21(18)27(29,30)31/h4-7,12-15H,8-11,16H2,1-3H3. The quantitative estimate of drug-likeness (QED) is 0.359. The zero-order valence-corrected chi connectivity index (χ0v) is 22.8. The summed E-state index contributed by atoms with van der Waals surface area (Å²) < 4.78 is 42.1. The van der Waals surface area contributed by atoms with Gasteiger partial charge in [-0.05, 0) is 74.0 Å². The van der Waals surface area contributed by atoms with Crippen molar-refractivity contribution in [3.63, 3.8) is 0 Å². The van der Waals surface area contributed by atoms with E-state index in [4.69, 9.17) is 11.6 Å². The van der Waals surface area contributed by atoms with Crippen molar-refractivity contribution in [2.75, 3.05) is 26.2 Å². The molecule has 1 saturated heterocycles. The Balaban J connectivity index is 1.31. The molecule has 1 fully saturated rings. The summed E-state index contributed by atoms with van der Waals surface area (Å²) in [5.74, 6) is -0.263. The molecule has 1 amide bonds. The van der Waals surface area contributed by atoms with E-state index in [-0.39, 0.29) is 28.6 Å². The molecule has 5 rings (SSSR count). The normalized spacial score (nSPS) is 18.6. The second-order valence-electron chi connectivity index (χ2n) is 10.4. The fourth-order valence-corrected chi connectivity index (χ4v) is 5.82. The lowest BCUT2D eigenvalue weighted by Crippen LogP contribution is -2.54. The second kappa shape index (κ2) is 10.1. The molecule has 2 aliphatic heterocycles. The van der Waals surface area contributed by atoms with Gasteiger partial charge < -0.3 is 4.90 Å². The highest BCUT2D eigenvalue weighted by atomic mass is 35.5. The summed E-state index contributed by atoms with van der Waals surface area (Å²) in [6, 6.07) is 9.25. The monoisotopic (exact) mass is 561 g/mol. The van der Waals surface area contributed by atoms with Crippen LogP contribution in [-0.2, 0) is 17.5 Å². The van der Waals surface area contributed by atoms with Crippen LogP contribution in [0.4, 0.5) is 13.2 Å². The Kier molecular flexibility index (Phi) is 7.08. The van der Waals surface area contributed by atoms with E-state index in [9.17, 15) is 18.0 Å². The Hall–Kier alpha value is -2.82. The number of hydrogen-bond acceptors (Lipinski definition) is 5. The molecule has 0 saturated carbocycles. The van der Waals surface area contributed by atoms with Crippen LogP contribution >= 0.6 is 23.4 Å². The van der Waals surface area contributed by atoms with Gasteiger partial charge in [-0.2, -0.15) is 23.3 Å². The number of carbonyl (C=O) groups excluding carboxylic acids is 1. The van der Waals surface area contributed by atoms with Gasteiger partial charge in [0.25, 0.3) is 5.91 Å². The van der Waals surface area contributed by atoms with E-state index < -0.39 is 11.7 Å². The maximum atomic E-state index is 13.5. The van der Waals surface area contributed by atoms with E-state index in [2.05, 4.69) is 40.7 Å². The summed E-state index contributed by atoms with van der Waals surface area (Å²) in [7, 11) is 0. The summed E-state index contributed by atoms with van der Waals surface area (Å²) in [4.78, 5) is 22.0. The van der Waals surface area contributed by atoms with Gasteiger partial charge in [0, 0.05) is 42.1 Å².